The number of rotatable bonds is 10. The predicted molar refractivity (Wildman–Crippen MR) is 370 cm³/mol. The maximum absolute atomic E-state index is 16.8. The van der Waals surface area contributed by atoms with Gasteiger partial charge < -0.3 is 24.5 Å². The molecule has 0 atom stereocenters. The van der Waals surface area contributed by atoms with Crippen molar-refractivity contribution in [1.29, 1.82) is 0 Å². The van der Waals surface area contributed by atoms with E-state index in [9.17, 15) is 0 Å². The Morgan fingerprint density at radius 1 is 0.300 bits per heavy atom. The van der Waals surface area contributed by atoms with E-state index in [2.05, 4.69) is 232 Å². The van der Waals surface area contributed by atoms with E-state index < -0.39 is 18.5 Å². The van der Waals surface area contributed by atoms with Crippen molar-refractivity contribution >= 4 is 143 Å². The van der Waals surface area contributed by atoms with E-state index >= 15 is 13.2 Å². The largest absolute Gasteiger partial charge is 0.418 e. The summed E-state index contributed by atoms with van der Waals surface area (Å²) in [4.78, 5) is 13.3. The Labute approximate surface area is 526 Å². The number of hydrogen-bond donors (Lipinski definition) is 0. The maximum atomic E-state index is 16.8. The van der Waals surface area contributed by atoms with E-state index in [-0.39, 0.29) is 12.4 Å². The molecule has 5 nitrogen and oxygen atoms in total. The van der Waals surface area contributed by atoms with E-state index in [1.165, 1.54) is 11.5 Å². The molecule has 11 heteroatoms. The molecular formula is C79H52B2F3N5S. The second-order valence-electron chi connectivity index (χ2n) is 23.1. The molecule has 0 fully saturated rings. The van der Waals surface area contributed by atoms with Crippen LogP contribution in [0, 0.1) is 0 Å². The Morgan fingerprint density at radius 3 is 1.20 bits per heavy atom. The van der Waals surface area contributed by atoms with Crippen LogP contribution < -0.4 is 57.3 Å². The first-order valence-corrected chi connectivity index (χ1v) is 31.1. The summed E-state index contributed by atoms with van der Waals surface area (Å²) in [5.74, 6) is 0. The average Bonchev–Trinajstić information content (AvgIpc) is 0.696. The van der Waals surface area contributed by atoms with E-state index in [1.54, 1.807) is 17.8 Å². The summed E-state index contributed by atoms with van der Waals surface area (Å²) in [7, 11) is 0. The normalized spacial score (nSPS) is 13.1. The number of alkyl halides is 3. The molecule has 90 heavy (non-hydrogen) atoms. The number of nitrogens with zero attached hydrogens (tertiary/aromatic N) is 5. The van der Waals surface area contributed by atoms with Crippen LogP contribution in [0.5, 0.6) is 0 Å². The summed E-state index contributed by atoms with van der Waals surface area (Å²) in [5, 5.41) is 0. The van der Waals surface area contributed by atoms with E-state index in [1.807, 2.05) is 95.9 Å². The number of halogens is 3. The monoisotopic (exact) mass is 1180 g/mol. The number of para-hydroxylation sites is 9. The van der Waals surface area contributed by atoms with Gasteiger partial charge in [-0.05, 0) is 154 Å². The highest BCUT2D eigenvalue weighted by Crippen LogP contribution is 2.54. The van der Waals surface area contributed by atoms with Crippen LogP contribution in [-0.4, -0.2) is 13.4 Å². The van der Waals surface area contributed by atoms with Gasteiger partial charge in [0.2, 0.25) is 6.71 Å². The fourth-order valence-corrected chi connectivity index (χ4v) is 15.6. The molecule has 0 saturated heterocycles. The first-order chi connectivity index (χ1) is 44.3. The van der Waals surface area contributed by atoms with Gasteiger partial charge in [-0.15, -0.1) is 0 Å². The molecule has 17 rings (SSSR count). The summed E-state index contributed by atoms with van der Waals surface area (Å²) in [6.45, 7) is -0.706. The van der Waals surface area contributed by atoms with Crippen LogP contribution in [0.2, 0.25) is 0 Å². The summed E-state index contributed by atoms with van der Waals surface area (Å²) in [5.41, 5.74) is 19.6. The summed E-state index contributed by atoms with van der Waals surface area (Å²) >= 11 is 1.70. The minimum atomic E-state index is -4.77. The third-order valence-electron chi connectivity index (χ3n) is 18.0. The molecule has 0 spiro atoms. The molecular weight excluding hydrogens is 1130 g/mol. The van der Waals surface area contributed by atoms with Gasteiger partial charge >= 0.3 is 6.18 Å². The first-order valence-electron chi connectivity index (χ1n) is 30.3. The zero-order valence-electron chi connectivity index (χ0n) is 48.5. The summed E-state index contributed by atoms with van der Waals surface area (Å²) in [6, 6.07) is 108. The molecule has 0 amide bonds. The summed E-state index contributed by atoms with van der Waals surface area (Å²) in [6.07, 6.45) is -4.77. The van der Waals surface area contributed by atoms with Crippen molar-refractivity contribution in [2.75, 3.05) is 24.5 Å². The third-order valence-corrected chi connectivity index (χ3v) is 19.1. The van der Waals surface area contributed by atoms with Crippen LogP contribution in [0.4, 0.5) is 98.5 Å². The van der Waals surface area contributed by atoms with E-state index in [0.717, 1.165) is 105 Å². The second-order valence-corrected chi connectivity index (χ2v) is 24.1. The molecule has 0 radical (unpaired) electrons. The van der Waals surface area contributed by atoms with Crippen molar-refractivity contribution in [2.24, 2.45) is 0 Å². The molecule has 0 saturated carbocycles. The van der Waals surface area contributed by atoms with E-state index in [4.69, 9.17) is 0 Å². The van der Waals surface area contributed by atoms with Gasteiger partial charge in [0.15, 0.2) is 0 Å². The van der Waals surface area contributed by atoms with Crippen LogP contribution in [-0.2, 0) is 6.18 Å². The predicted octanol–water partition coefficient (Wildman–Crippen LogP) is 18.2. The lowest BCUT2D eigenvalue weighted by molar-refractivity contribution is -0.137. The zero-order valence-corrected chi connectivity index (χ0v) is 49.3. The highest BCUT2D eigenvalue weighted by Gasteiger charge is 2.49. The fraction of sp³-hybridized carbons (Fsp3) is 0.0127. The average molecular weight is 1180 g/mol. The lowest BCUT2D eigenvalue weighted by atomic mass is 9.31. The van der Waals surface area contributed by atoms with E-state index in [0.29, 0.717) is 22.5 Å². The molecule has 13 aromatic rings. The van der Waals surface area contributed by atoms with Crippen molar-refractivity contribution in [3.8, 4) is 11.1 Å². The Morgan fingerprint density at radius 2 is 0.711 bits per heavy atom. The second kappa shape index (κ2) is 21.5. The van der Waals surface area contributed by atoms with Crippen molar-refractivity contribution in [2.45, 2.75) is 16.0 Å². The lowest BCUT2D eigenvalue weighted by Gasteiger charge is -2.46. The Bertz CT molecular complexity index is 4820. The Balaban J connectivity index is 0.998. The minimum absolute atomic E-state index is 0.0555. The SMILES string of the molecule is FC(F)(F)c1cccc(-c2ccccc2)c1N1c2cc3c(cc2B2c4ccccc4N(c4ccccc4)c4cc(N(c5ccccc5)c5ccccc5)cc1c42)B1c2ccccc2N(c2ccccc2)c2cc(N(c4ccccc4)c4ccccc4)cc(c21)S3. The smallest absolute Gasteiger partial charge is 0.311 e. The Hall–Kier alpha value is -10.9. The molecule has 13 aromatic carbocycles. The van der Waals surface area contributed by atoms with Gasteiger partial charge in [-0.25, -0.2) is 0 Å². The maximum Gasteiger partial charge on any atom is 0.418 e. The van der Waals surface area contributed by atoms with Crippen LogP contribution in [0.25, 0.3) is 11.1 Å². The highest BCUT2D eigenvalue weighted by atomic mass is 32.2. The van der Waals surface area contributed by atoms with Crippen LogP contribution in [0.1, 0.15) is 5.56 Å². The Kier molecular flexibility index (Phi) is 12.7. The molecule has 0 unspecified atom stereocenters. The number of fused-ring (bicyclic) bond motifs is 8. The van der Waals surface area contributed by atoms with Crippen molar-refractivity contribution < 1.29 is 13.2 Å². The van der Waals surface area contributed by atoms with Gasteiger partial charge in [-0.2, -0.15) is 13.2 Å². The quantitative estimate of drug-likeness (QED) is 0.126. The molecule has 4 aliphatic heterocycles. The zero-order chi connectivity index (χ0) is 60.0. The topological polar surface area (TPSA) is 16.2 Å². The van der Waals surface area contributed by atoms with Gasteiger partial charge in [0, 0.05) is 89.3 Å². The summed E-state index contributed by atoms with van der Waals surface area (Å²) < 4.78 is 50.3. The molecule has 0 N–H and O–H groups in total. The molecule has 0 bridgehead atoms. The van der Waals surface area contributed by atoms with Gasteiger partial charge in [-0.1, -0.05) is 211 Å². The van der Waals surface area contributed by atoms with Crippen LogP contribution in [0.15, 0.2) is 325 Å². The molecule has 0 aromatic heterocycles. The minimum Gasteiger partial charge on any atom is -0.311 e. The fourth-order valence-electron chi connectivity index (χ4n) is 14.4. The van der Waals surface area contributed by atoms with Crippen molar-refractivity contribution in [1.82, 2.24) is 0 Å². The van der Waals surface area contributed by atoms with Crippen molar-refractivity contribution in [3.05, 3.63) is 321 Å². The van der Waals surface area contributed by atoms with Gasteiger partial charge in [-0.3, -0.25) is 0 Å². The van der Waals surface area contributed by atoms with Gasteiger partial charge in [0.05, 0.1) is 16.9 Å². The lowest BCUT2D eigenvalue weighted by Crippen LogP contribution is -2.64. The number of benzene rings is 13. The highest BCUT2D eigenvalue weighted by molar-refractivity contribution is 8.00. The third kappa shape index (κ3) is 8.67. The van der Waals surface area contributed by atoms with Crippen LogP contribution >= 0.6 is 11.8 Å². The first kappa shape index (κ1) is 53.4. The van der Waals surface area contributed by atoms with Crippen molar-refractivity contribution in [3.63, 3.8) is 0 Å². The molecule has 4 aliphatic rings. The number of anilines is 15. The standard InChI is InChI=1S/C79H52B2F3N5S/c82-79(83,84)63-42-26-41-62(53-27-8-1-9-28-53)78(63)89-70-52-74-67(81-65-44-23-25-46-69(65)88(59-39-20-7-21-40-59)73-49-61(50-75(90-74)77(73)81)86(56-33-14-4-15-34-56)57-35-16-5-17-36-57)51-66(70)80-64-43-22-24-45-68(64)87(58-37-18-6-19-38-58)71-47-60(48-72(89)76(71)80)85(54-29-10-2-11-30-54)55-31-12-3-13-32-55/h1-52H. The number of hydrogen-bond acceptors (Lipinski definition) is 6. The molecule has 4 heterocycles. The molecule has 426 valence electrons. The molecule has 0 aliphatic carbocycles. The van der Waals surface area contributed by atoms with Crippen LogP contribution in [0.3, 0.4) is 0 Å². The van der Waals surface area contributed by atoms with Gasteiger partial charge in [0.25, 0.3) is 6.71 Å². The van der Waals surface area contributed by atoms with Gasteiger partial charge in [0.1, 0.15) is 0 Å².